The number of rotatable bonds is 6. The molecule has 2 saturated heterocycles. The summed E-state index contributed by atoms with van der Waals surface area (Å²) in [7, 11) is 2.14. The van der Waals surface area contributed by atoms with Gasteiger partial charge in [0.25, 0.3) is 0 Å². The molecule has 2 unspecified atom stereocenters. The summed E-state index contributed by atoms with van der Waals surface area (Å²) < 4.78 is 12.9. The number of piperazine rings is 1. The lowest BCUT2D eigenvalue weighted by Crippen LogP contribution is -2.53. The molecule has 0 radical (unpaired) electrons. The van der Waals surface area contributed by atoms with Gasteiger partial charge in [-0.25, -0.2) is 0 Å². The molecule has 0 saturated carbocycles. The summed E-state index contributed by atoms with van der Waals surface area (Å²) in [6.45, 7) is 9.84. The molecule has 4 aromatic rings. The normalized spacial score (nSPS) is 20.5. The molecule has 0 aliphatic carbocycles. The van der Waals surface area contributed by atoms with E-state index in [1.165, 1.54) is 12.5 Å². The number of likely N-dealkylation sites (N-methyl/N-ethyl adjacent to an activating group) is 1. The van der Waals surface area contributed by atoms with Crippen molar-refractivity contribution in [1.29, 1.82) is 0 Å². The Labute approximate surface area is 263 Å². The average molecular weight is 612 g/mol. The Morgan fingerprint density at radius 2 is 1.95 bits per heavy atom. The minimum atomic E-state index is -0.0483. The largest absolute Gasteiger partial charge is 0.492 e. The van der Waals surface area contributed by atoms with Gasteiger partial charge in [-0.2, -0.15) is 9.97 Å². The highest BCUT2D eigenvalue weighted by Gasteiger charge is 2.32. The molecule has 1 aromatic heterocycles. The van der Waals surface area contributed by atoms with Crippen LogP contribution in [0.5, 0.6) is 11.8 Å². The van der Waals surface area contributed by atoms with Crippen LogP contribution in [-0.4, -0.2) is 84.2 Å². The highest BCUT2D eigenvalue weighted by atomic mass is 35.5. The van der Waals surface area contributed by atoms with E-state index in [4.69, 9.17) is 31.0 Å². The fourth-order valence-corrected chi connectivity index (χ4v) is 7.37. The van der Waals surface area contributed by atoms with E-state index in [1.54, 1.807) is 0 Å². The first-order valence-electron chi connectivity index (χ1n) is 15.6. The molecule has 2 fully saturated rings. The van der Waals surface area contributed by atoms with Gasteiger partial charge in [0.2, 0.25) is 5.91 Å². The molecule has 1 amide bonds. The maximum Gasteiger partial charge on any atom is 0.319 e. The minimum Gasteiger partial charge on any atom is -0.492 e. The van der Waals surface area contributed by atoms with Crippen LogP contribution >= 0.6 is 11.6 Å². The molecular formula is C35H38ClN5O3. The number of fused-ring (bicyclic) bond motifs is 4. The van der Waals surface area contributed by atoms with Crippen molar-refractivity contribution in [1.82, 2.24) is 19.8 Å². The van der Waals surface area contributed by atoms with Gasteiger partial charge >= 0.3 is 6.01 Å². The summed E-state index contributed by atoms with van der Waals surface area (Å²) in [4.78, 5) is 29.0. The molecule has 44 heavy (non-hydrogen) atoms. The van der Waals surface area contributed by atoms with E-state index in [-0.39, 0.29) is 11.9 Å². The van der Waals surface area contributed by atoms with E-state index >= 15 is 0 Å². The molecule has 8 nitrogen and oxygen atoms in total. The standard InChI is InChI=1S/C35H38ClN5O3/c1-4-30(42)40-16-17-41(22(2)20-40)34-32-29(37-35(38-34)44-21-24-11-7-15-39(24)3)19-27(26-13-8-18-43-33(26)32)25-12-5-9-23-10-6-14-28(36)31(23)25/h4-6,9-10,12,14,19,22,24H,1,7-8,11,13,15-18,20-21H2,2-3H3. The second-order valence-corrected chi connectivity index (χ2v) is 12.6. The van der Waals surface area contributed by atoms with Crippen LogP contribution in [0.4, 0.5) is 5.82 Å². The fourth-order valence-electron chi connectivity index (χ4n) is 7.09. The Bertz CT molecular complexity index is 1750. The third kappa shape index (κ3) is 5.14. The zero-order chi connectivity index (χ0) is 30.4. The summed E-state index contributed by atoms with van der Waals surface area (Å²) in [5.74, 6) is 1.58. The van der Waals surface area contributed by atoms with Crippen LogP contribution in [0.2, 0.25) is 5.02 Å². The number of hydrogen-bond donors (Lipinski definition) is 0. The molecule has 0 spiro atoms. The van der Waals surface area contributed by atoms with Gasteiger partial charge in [0.05, 0.1) is 17.5 Å². The quantitative estimate of drug-likeness (QED) is 0.243. The number of benzene rings is 3. The molecular weight excluding hydrogens is 574 g/mol. The van der Waals surface area contributed by atoms with Crippen LogP contribution in [-0.2, 0) is 11.2 Å². The number of amides is 1. The summed E-state index contributed by atoms with van der Waals surface area (Å²) in [6.07, 6.45) is 5.46. The summed E-state index contributed by atoms with van der Waals surface area (Å²) in [5, 5.41) is 3.73. The lowest BCUT2D eigenvalue weighted by atomic mass is 9.89. The van der Waals surface area contributed by atoms with Gasteiger partial charge in [-0.1, -0.05) is 48.5 Å². The van der Waals surface area contributed by atoms with Crippen molar-refractivity contribution in [3.05, 3.63) is 65.7 Å². The number of nitrogens with zero attached hydrogens (tertiary/aromatic N) is 5. The fraction of sp³-hybridized carbons (Fsp3) is 0.400. The average Bonchev–Trinajstić information content (AvgIpc) is 3.46. The van der Waals surface area contributed by atoms with E-state index in [0.717, 1.165) is 80.8 Å². The van der Waals surface area contributed by atoms with Crippen LogP contribution in [0.15, 0.2) is 55.1 Å². The first-order chi connectivity index (χ1) is 21.4. The van der Waals surface area contributed by atoms with Crippen molar-refractivity contribution < 1.29 is 14.3 Å². The predicted octanol–water partition coefficient (Wildman–Crippen LogP) is 6.12. The number of hydrogen-bond acceptors (Lipinski definition) is 7. The molecule has 2 atom stereocenters. The van der Waals surface area contributed by atoms with Crippen molar-refractivity contribution in [3.8, 4) is 22.9 Å². The van der Waals surface area contributed by atoms with Crippen molar-refractivity contribution in [2.45, 2.75) is 44.7 Å². The van der Waals surface area contributed by atoms with E-state index in [2.05, 4.69) is 60.7 Å². The van der Waals surface area contributed by atoms with Gasteiger partial charge in [0.15, 0.2) is 0 Å². The summed E-state index contributed by atoms with van der Waals surface area (Å²) in [5.41, 5.74) is 4.07. The SMILES string of the molecule is C=CC(=O)N1CCN(c2nc(OCC3CCCN3C)nc3cc(-c4cccc5cccc(Cl)c45)c4c(c23)OCCC4)C(C)C1. The third-order valence-electron chi connectivity index (χ3n) is 9.43. The molecule has 4 heterocycles. The number of ether oxygens (including phenoxy) is 2. The number of aromatic nitrogens is 2. The molecule has 9 heteroatoms. The highest BCUT2D eigenvalue weighted by Crippen LogP contribution is 2.46. The second kappa shape index (κ2) is 11.9. The monoisotopic (exact) mass is 611 g/mol. The van der Waals surface area contributed by atoms with Crippen LogP contribution in [0, 0.1) is 0 Å². The second-order valence-electron chi connectivity index (χ2n) is 12.2. The van der Waals surface area contributed by atoms with Crippen molar-refractivity contribution >= 4 is 45.0 Å². The van der Waals surface area contributed by atoms with Crippen LogP contribution in [0.1, 0.15) is 31.7 Å². The van der Waals surface area contributed by atoms with Crippen molar-refractivity contribution in [2.75, 3.05) is 51.3 Å². The van der Waals surface area contributed by atoms with Gasteiger partial charge in [0, 0.05) is 47.7 Å². The number of carbonyl (C=O) groups is 1. The predicted molar refractivity (Wildman–Crippen MR) is 176 cm³/mol. The Balaban J connectivity index is 1.41. The molecule has 0 bridgehead atoms. The minimum absolute atomic E-state index is 0.0235. The van der Waals surface area contributed by atoms with Gasteiger partial charge < -0.3 is 24.2 Å². The Morgan fingerprint density at radius 3 is 2.73 bits per heavy atom. The third-order valence-corrected chi connectivity index (χ3v) is 9.74. The van der Waals surface area contributed by atoms with Gasteiger partial charge in [-0.3, -0.25) is 4.79 Å². The van der Waals surface area contributed by atoms with Crippen LogP contribution in [0.25, 0.3) is 32.8 Å². The van der Waals surface area contributed by atoms with E-state index < -0.39 is 0 Å². The zero-order valence-electron chi connectivity index (χ0n) is 25.4. The van der Waals surface area contributed by atoms with Crippen molar-refractivity contribution in [2.24, 2.45) is 0 Å². The molecule has 228 valence electrons. The first-order valence-corrected chi connectivity index (χ1v) is 16.0. The Morgan fingerprint density at radius 1 is 1.11 bits per heavy atom. The van der Waals surface area contributed by atoms with Gasteiger partial charge in [-0.15, -0.1) is 0 Å². The van der Waals surface area contributed by atoms with E-state index in [0.29, 0.717) is 44.9 Å². The Kier molecular flexibility index (Phi) is 7.81. The molecule has 3 aliphatic rings. The van der Waals surface area contributed by atoms with E-state index in [9.17, 15) is 4.79 Å². The number of likely N-dealkylation sites (tertiary alicyclic amines) is 1. The van der Waals surface area contributed by atoms with Crippen molar-refractivity contribution in [3.63, 3.8) is 0 Å². The van der Waals surface area contributed by atoms with Crippen LogP contribution < -0.4 is 14.4 Å². The Hall–Kier alpha value is -3.88. The van der Waals surface area contributed by atoms with Gasteiger partial charge in [-0.05, 0) is 80.9 Å². The number of halogens is 1. The lowest BCUT2D eigenvalue weighted by molar-refractivity contribution is -0.126. The smallest absolute Gasteiger partial charge is 0.319 e. The zero-order valence-corrected chi connectivity index (χ0v) is 26.1. The highest BCUT2D eigenvalue weighted by molar-refractivity contribution is 6.36. The molecule has 0 N–H and O–H groups in total. The van der Waals surface area contributed by atoms with E-state index in [1.807, 2.05) is 17.0 Å². The van der Waals surface area contributed by atoms with Crippen LogP contribution in [0.3, 0.4) is 0 Å². The molecule has 3 aliphatic heterocycles. The van der Waals surface area contributed by atoms with Gasteiger partial charge in [0.1, 0.15) is 18.2 Å². The first kappa shape index (κ1) is 28.9. The lowest BCUT2D eigenvalue weighted by Gasteiger charge is -2.41. The number of carbonyl (C=O) groups excluding carboxylic acids is 1. The maximum atomic E-state index is 12.5. The molecule has 7 rings (SSSR count). The summed E-state index contributed by atoms with van der Waals surface area (Å²) >= 11 is 6.82. The molecule has 3 aromatic carbocycles. The summed E-state index contributed by atoms with van der Waals surface area (Å²) in [6, 6.07) is 15.2. The number of anilines is 1. The maximum absolute atomic E-state index is 12.5. The topological polar surface area (TPSA) is 71.0 Å².